The normalized spacial score (nSPS) is 12.6. The number of benzene rings is 10. The van der Waals surface area contributed by atoms with Gasteiger partial charge >= 0.3 is 0 Å². The van der Waals surface area contributed by atoms with Crippen LogP contribution in [0, 0.1) is 0 Å². The van der Waals surface area contributed by atoms with Crippen LogP contribution < -0.4 is 9.80 Å². The molecule has 2 aromatic heterocycles. The second-order valence-corrected chi connectivity index (χ2v) is 20.7. The molecule has 1 aliphatic rings. The lowest BCUT2D eigenvalue weighted by molar-refractivity contribution is 0.590. The molecule has 0 saturated heterocycles. The van der Waals surface area contributed by atoms with Gasteiger partial charge in [0.1, 0.15) is 22.3 Å². The van der Waals surface area contributed by atoms with Gasteiger partial charge in [-0.05, 0) is 175 Å². The maximum Gasteiger partial charge on any atom is 0.137 e. The Kier molecular flexibility index (Phi) is 8.70. The van der Waals surface area contributed by atoms with Gasteiger partial charge in [-0.15, -0.1) is 0 Å². The molecule has 0 N–H and O–H groups in total. The number of hydrogen-bond acceptors (Lipinski definition) is 4. The molecular formula is C64H50N2O2. The largest absolute Gasteiger partial charge is 0.456 e. The fraction of sp³-hybridized carbons (Fsp3) is 0.125. The summed E-state index contributed by atoms with van der Waals surface area (Å²) >= 11 is 0. The number of nitrogens with zero attached hydrogens (tertiary/aromatic N) is 2. The maximum atomic E-state index is 6.44. The zero-order valence-electron chi connectivity index (χ0n) is 39.2. The summed E-state index contributed by atoms with van der Waals surface area (Å²) < 4.78 is 12.9. The highest BCUT2D eigenvalue weighted by molar-refractivity contribution is 6.13. The van der Waals surface area contributed by atoms with Crippen molar-refractivity contribution in [3.05, 3.63) is 205 Å². The van der Waals surface area contributed by atoms with E-state index in [1.165, 1.54) is 54.9 Å². The summed E-state index contributed by atoms with van der Waals surface area (Å²) in [5, 5.41) is 9.35. The van der Waals surface area contributed by atoms with Gasteiger partial charge in [0.05, 0.1) is 0 Å². The van der Waals surface area contributed by atoms with Crippen LogP contribution in [-0.4, -0.2) is 0 Å². The van der Waals surface area contributed by atoms with Crippen LogP contribution in [0.4, 0.5) is 34.1 Å². The van der Waals surface area contributed by atoms with Crippen LogP contribution in [-0.2, 0) is 10.8 Å². The molecule has 12 aromatic rings. The SMILES string of the molecule is CC(C)(C)c1cccc(N(c2ccc3cc4c(cc3c2)-c2cc3cc(N(c5cccc(C(C)(C)C)c5)c5ccc6c(c5)oc5ccccc56)ccc3cc2-4)c2ccc3c(c2)oc2ccccc23)c1. The van der Waals surface area contributed by atoms with Crippen molar-refractivity contribution in [3.63, 3.8) is 0 Å². The molecule has 4 nitrogen and oxygen atoms in total. The molecule has 0 amide bonds. The lowest BCUT2D eigenvalue weighted by Gasteiger charge is -2.29. The zero-order valence-corrected chi connectivity index (χ0v) is 39.2. The Bertz CT molecular complexity index is 3760. The molecular weight excluding hydrogens is 829 g/mol. The van der Waals surface area contributed by atoms with E-state index in [0.717, 1.165) is 78.0 Å². The van der Waals surface area contributed by atoms with Crippen molar-refractivity contribution >= 4 is 99.5 Å². The Morgan fingerprint density at radius 1 is 0.279 bits per heavy atom. The fourth-order valence-electron chi connectivity index (χ4n) is 10.5. The minimum absolute atomic E-state index is 0.00618. The monoisotopic (exact) mass is 878 g/mol. The first kappa shape index (κ1) is 40.2. The molecule has 0 fully saturated rings. The van der Waals surface area contributed by atoms with Gasteiger partial charge < -0.3 is 18.6 Å². The molecule has 0 spiro atoms. The molecule has 0 atom stereocenters. The third kappa shape index (κ3) is 6.50. The van der Waals surface area contributed by atoms with Crippen LogP contribution in [0.5, 0.6) is 0 Å². The van der Waals surface area contributed by atoms with E-state index in [-0.39, 0.29) is 10.8 Å². The van der Waals surface area contributed by atoms with Gasteiger partial charge in [-0.3, -0.25) is 0 Å². The van der Waals surface area contributed by atoms with Gasteiger partial charge in [-0.2, -0.15) is 0 Å². The van der Waals surface area contributed by atoms with E-state index in [4.69, 9.17) is 8.83 Å². The number of hydrogen-bond donors (Lipinski definition) is 0. The van der Waals surface area contributed by atoms with E-state index in [1.54, 1.807) is 0 Å². The van der Waals surface area contributed by atoms with Crippen LogP contribution in [0.2, 0.25) is 0 Å². The number of anilines is 6. The van der Waals surface area contributed by atoms with Gasteiger partial charge in [0.2, 0.25) is 0 Å². The Morgan fingerprint density at radius 3 is 1.06 bits per heavy atom. The van der Waals surface area contributed by atoms with Crippen molar-refractivity contribution in [3.8, 4) is 22.3 Å². The summed E-state index contributed by atoms with van der Waals surface area (Å²) in [5.74, 6) is 0. The van der Waals surface area contributed by atoms with Crippen LogP contribution in [0.25, 0.3) is 87.7 Å². The Labute approximate surface area is 396 Å². The highest BCUT2D eigenvalue weighted by atomic mass is 16.3. The second kappa shape index (κ2) is 14.7. The minimum atomic E-state index is -0.00618. The van der Waals surface area contributed by atoms with E-state index < -0.39 is 0 Å². The van der Waals surface area contributed by atoms with Crippen molar-refractivity contribution in [2.75, 3.05) is 9.80 Å². The highest BCUT2D eigenvalue weighted by Crippen LogP contribution is 2.52. The third-order valence-corrected chi connectivity index (χ3v) is 14.2. The summed E-state index contributed by atoms with van der Waals surface area (Å²) in [6.07, 6.45) is 0. The number of rotatable bonds is 6. The molecule has 1 aliphatic carbocycles. The van der Waals surface area contributed by atoms with Gasteiger partial charge in [0.15, 0.2) is 0 Å². The molecule has 10 aromatic carbocycles. The van der Waals surface area contributed by atoms with Gasteiger partial charge in [0, 0.05) is 67.8 Å². The molecule has 0 unspecified atom stereocenters. The molecule has 0 bridgehead atoms. The summed E-state index contributed by atoms with van der Waals surface area (Å²) in [6.45, 7) is 13.6. The third-order valence-electron chi connectivity index (χ3n) is 14.2. The van der Waals surface area contributed by atoms with Crippen LogP contribution in [0.15, 0.2) is 203 Å². The van der Waals surface area contributed by atoms with E-state index in [2.05, 4.69) is 221 Å². The first-order valence-electron chi connectivity index (χ1n) is 23.7. The van der Waals surface area contributed by atoms with E-state index in [0.29, 0.717) is 0 Å². The quantitative estimate of drug-likeness (QED) is 0.167. The van der Waals surface area contributed by atoms with Crippen LogP contribution in [0.3, 0.4) is 0 Å². The van der Waals surface area contributed by atoms with E-state index in [1.807, 2.05) is 24.3 Å². The first-order chi connectivity index (χ1) is 32.9. The standard InChI is InChI=1S/C64H50N2O2/c1-63(2,3)43-13-11-15-45(35-43)65(49-25-27-53-51-17-7-9-19-59(51)67-61(53)37-49)47-23-21-39-31-55-56-32-40-22-24-48(30-42(40)34-58(56)57(55)33-41(39)29-47)66(46-16-12-14-44(36-46)64(4,5)6)50-26-28-54-52-18-8-10-20-60(52)68-62(54)38-50/h7-38H,1-6H3. The molecule has 0 saturated carbocycles. The average Bonchev–Trinajstić information content (AvgIpc) is 3.90. The average molecular weight is 879 g/mol. The maximum absolute atomic E-state index is 6.44. The van der Waals surface area contributed by atoms with Crippen molar-refractivity contribution in [2.45, 2.75) is 52.4 Å². The topological polar surface area (TPSA) is 32.8 Å². The summed E-state index contributed by atoms with van der Waals surface area (Å²) in [6, 6.07) is 71.1. The number of para-hydroxylation sites is 2. The Balaban J connectivity index is 0.915. The van der Waals surface area contributed by atoms with Gasteiger partial charge in [-0.1, -0.05) is 114 Å². The molecule has 68 heavy (non-hydrogen) atoms. The van der Waals surface area contributed by atoms with Crippen molar-refractivity contribution in [1.29, 1.82) is 0 Å². The fourth-order valence-corrected chi connectivity index (χ4v) is 10.5. The summed E-state index contributed by atoms with van der Waals surface area (Å²) in [7, 11) is 0. The highest BCUT2D eigenvalue weighted by Gasteiger charge is 2.26. The molecule has 4 heteroatoms. The van der Waals surface area contributed by atoms with Gasteiger partial charge in [-0.25, -0.2) is 0 Å². The Hall–Kier alpha value is -8.08. The molecule has 328 valence electrons. The van der Waals surface area contributed by atoms with E-state index >= 15 is 0 Å². The zero-order chi connectivity index (χ0) is 46.1. The van der Waals surface area contributed by atoms with Gasteiger partial charge in [0.25, 0.3) is 0 Å². The molecule has 13 rings (SSSR count). The lowest BCUT2D eigenvalue weighted by atomic mass is 9.78. The minimum Gasteiger partial charge on any atom is -0.456 e. The Morgan fingerprint density at radius 2 is 0.632 bits per heavy atom. The molecule has 0 radical (unpaired) electrons. The summed E-state index contributed by atoms with van der Waals surface area (Å²) in [4.78, 5) is 4.75. The van der Waals surface area contributed by atoms with Crippen molar-refractivity contribution in [1.82, 2.24) is 0 Å². The lowest BCUT2D eigenvalue weighted by Crippen LogP contribution is -2.14. The van der Waals surface area contributed by atoms with Crippen LogP contribution in [0.1, 0.15) is 52.7 Å². The summed E-state index contributed by atoms with van der Waals surface area (Å²) in [5.41, 5.74) is 17.8. The first-order valence-corrected chi connectivity index (χ1v) is 23.7. The van der Waals surface area contributed by atoms with E-state index in [9.17, 15) is 0 Å². The second-order valence-electron chi connectivity index (χ2n) is 20.7. The van der Waals surface area contributed by atoms with Crippen molar-refractivity contribution in [2.24, 2.45) is 0 Å². The predicted octanol–water partition coefficient (Wildman–Crippen LogP) is 19.0. The van der Waals surface area contributed by atoms with Crippen LogP contribution >= 0.6 is 0 Å². The predicted molar refractivity (Wildman–Crippen MR) is 287 cm³/mol. The van der Waals surface area contributed by atoms with Crippen molar-refractivity contribution < 1.29 is 8.83 Å². The number of furan rings is 2. The smallest absolute Gasteiger partial charge is 0.137 e. The number of fused-ring (bicyclic) bond motifs is 12. The molecule has 0 aliphatic heterocycles. The molecule has 2 heterocycles.